The minimum Gasteiger partial charge on any atom is -0.0912 e. The van der Waals surface area contributed by atoms with Gasteiger partial charge in [-0.3, -0.25) is 0 Å². The highest BCUT2D eigenvalue weighted by molar-refractivity contribution is 5.79. The van der Waals surface area contributed by atoms with Gasteiger partial charge in [-0.2, -0.15) is 0 Å². The van der Waals surface area contributed by atoms with E-state index in [1.54, 1.807) is 0 Å². The summed E-state index contributed by atoms with van der Waals surface area (Å²) in [5, 5.41) is 0. The average molecular weight is 893 g/mol. The molecular weight excluding hydrogens is 841 g/mol. The molecule has 0 aliphatic heterocycles. The van der Waals surface area contributed by atoms with Crippen molar-refractivity contribution in [2.75, 3.05) is 0 Å². The fourth-order valence-corrected chi connectivity index (χ4v) is 9.39. The molecule has 26 rings (SSSR count). The second kappa shape index (κ2) is 19.8. The van der Waals surface area contributed by atoms with Gasteiger partial charge in [0.25, 0.3) is 0 Å². The Labute approximate surface area is 413 Å². The van der Waals surface area contributed by atoms with Crippen molar-refractivity contribution < 1.29 is 0 Å². The smallest absolute Gasteiger partial charge is 0.00941 e. The first-order valence-electron chi connectivity index (χ1n) is 24.2. The Kier molecular flexibility index (Phi) is 12.4. The van der Waals surface area contributed by atoms with Gasteiger partial charge in [0.1, 0.15) is 0 Å². The zero-order chi connectivity index (χ0) is 47.2. The molecule has 0 heterocycles. The largest absolute Gasteiger partial charge is 0.0912 e. The summed E-state index contributed by atoms with van der Waals surface area (Å²) in [6, 6.07) is 88.6. The molecule has 0 N–H and O–H groups in total. The van der Waals surface area contributed by atoms with Crippen LogP contribution >= 0.6 is 0 Å². The molecule has 20 bridgehead atoms. The average Bonchev–Trinajstić information content (AvgIpc) is 3.43. The molecule has 70 heavy (non-hydrogen) atoms. The molecule has 0 fully saturated rings. The van der Waals surface area contributed by atoms with Crippen LogP contribution in [0.5, 0.6) is 0 Å². The summed E-state index contributed by atoms with van der Waals surface area (Å²) in [6.45, 7) is 6.55. The Morgan fingerprint density at radius 3 is 0.771 bits per heavy atom. The van der Waals surface area contributed by atoms with E-state index in [9.17, 15) is 0 Å². The third kappa shape index (κ3) is 9.76. The maximum atomic E-state index is 4.38. The van der Waals surface area contributed by atoms with Crippen LogP contribution in [-0.2, 0) is 6.42 Å². The molecule has 0 amide bonds. The number of allylic oxidation sites excluding steroid dienone is 6. The Morgan fingerprint density at radius 2 is 0.486 bits per heavy atom. The lowest BCUT2D eigenvalue weighted by atomic mass is 9.96. The third-order valence-corrected chi connectivity index (χ3v) is 13.7. The van der Waals surface area contributed by atoms with Crippen LogP contribution < -0.4 is 0 Å². The molecule has 16 aliphatic rings. The quantitative estimate of drug-likeness (QED) is 0.142. The monoisotopic (exact) mass is 892 g/mol. The second-order valence-electron chi connectivity index (χ2n) is 18.3. The Morgan fingerprint density at radius 1 is 0.257 bits per heavy atom. The van der Waals surface area contributed by atoms with Crippen LogP contribution in [0.25, 0.3) is 106 Å². The zero-order valence-electron chi connectivity index (χ0n) is 39.4. The Hall–Kier alpha value is -8.84. The van der Waals surface area contributed by atoms with E-state index >= 15 is 0 Å². The maximum absolute atomic E-state index is 4.38. The highest BCUT2D eigenvalue weighted by Gasteiger charge is 2.08. The van der Waals surface area contributed by atoms with Crippen molar-refractivity contribution in [3.05, 3.63) is 296 Å². The first-order chi connectivity index (χ1) is 34.5. The summed E-state index contributed by atoms with van der Waals surface area (Å²) in [5.41, 5.74) is 26.3. The number of benzene rings is 10. The number of hydrogen-bond acceptors (Lipinski definition) is 0. The molecular formula is C70H52. The highest BCUT2D eigenvalue weighted by Crippen LogP contribution is 2.33. The van der Waals surface area contributed by atoms with Gasteiger partial charge in [0.2, 0.25) is 0 Å². The molecule has 16 aliphatic carbocycles. The minimum absolute atomic E-state index is 0.845. The standard InChI is InChI=1S/C70H52/c1-49-5-3-7-51-9-13-55(14-10-51)59-25-29-63(30-26-59)67-41-43-68(44-42-67)64-31-27-60(28-32-64)56-15-11-52(12-16-56)8-4-6-50(2)54-19-23-58(24-20-54)62-35-39-66(40-36-62)70-47-45-69(46-48-70)65-37-33-61(34-38-65)57-21-17-53(49)18-22-57/h3-6,8-48H,1,7H2,2H3/b5-3?,8-4?,50-6+. The fourth-order valence-electron chi connectivity index (χ4n) is 9.39. The molecule has 0 unspecified atom stereocenters. The van der Waals surface area contributed by atoms with E-state index in [0.717, 1.165) is 17.6 Å². The van der Waals surface area contributed by atoms with E-state index in [4.69, 9.17) is 0 Å². The van der Waals surface area contributed by atoms with E-state index in [-0.39, 0.29) is 0 Å². The van der Waals surface area contributed by atoms with Gasteiger partial charge in [0.05, 0.1) is 0 Å². The SMILES string of the molecule is C=C1C=CCc2ccc(cc2)-c2ccc(cc2)-c2ccc(cc2)-c2ccc(cc2)-c2ccc(cc2)C=C/C=C(\C)c2ccc(cc2)-c2ccc(cc2)-c2ccc(cc2)-c2ccc(cc2)-c2ccc1cc2. The molecule has 0 atom stereocenters. The van der Waals surface area contributed by atoms with Gasteiger partial charge < -0.3 is 0 Å². The van der Waals surface area contributed by atoms with Crippen molar-refractivity contribution in [1.82, 2.24) is 0 Å². The lowest BCUT2D eigenvalue weighted by molar-refractivity contribution is 1.27. The molecule has 10 aromatic carbocycles. The van der Waals surface area contributed by atoms with Crippen molar-refractivity contribution >= 4 is 17.2 Å². The first kappa shape index (κ1) is 43.7. The summed E-state index contributed by atoms with van der Waals surface area (Å²) in [5.74, 6) is 0. The Balaban J connectivity index is 0.831. The topological polar surface area (TPSA) is 0 Å². The van der Waals surface area contributed by atoms with Crippen LogP contribution in [0.4, 0.5) is 0 Å². The van der Waals surface area contributed by atoms with Gasteiger partial charge in [-0.15, -0.1) is 0 Å². The lowest BCUT2D eigenvalue weighted by Gasteiger charge is -2.09. The van der Waals surface area contributed by atoms with Gasteiger partial charge in [-0.1, -0.05) is 280 Å². The molecule has 0 nitrogen and oxygen atoms in total. The minimum atomic E-state index is 0.845. The van der Waals surface area contributed by atoms with E-state index in [2.05, 4.69) is 287 Å². The van der Waals surface area contributed by atoms with E-state index in [0.29, 0.717) is 0 Å². The van der Waals surface area contributed by atoms with Crippen molar-refractivity contribution in [2.45, 2.75) is 13.3 Å². The van der Waals surface area contributed by atoms with E-state index in [1.807, 2.05) is 0 Å². The molecule has 0 saturated heterocycles. The van der Waals surface area contributed by atoms with Crippen LogP contribution in [0.3, 0.4) is 0 Å². The van der Waals surface area contributed by atoms with Crippen LogP contribution in [0.1, 0.15) is 29.2 Å². The van der Waals surface area contributed by atoms with Crippen LogP contribution in [0.15, 0.2) is 274 Å². The van der Waals surface area contributed by atoms with Crippen LogP contribution in [-0.4, -0.2) is 0 Å². The molecule has 0 aromatic heterocycles. The predicted molar refractivity (Wildman–Crippen MR) is 301 cm³/mol. The molecule has 0 spiro atoms. The summed E-state index contributed by atoms with van der Waals surface area (Å²) < 4.78 is 0. The molecule has 332 valence electrons. The highest BCUT2D eigenvalue weighted by atomic mass is 14.1. The lowest BCUT2D eigenvalue weighted by Crippen LogP contribution is -1.85. The van der Waals surface area contributed by atoms with Gasteiger partial charge in [-0.25, -0.2) is 0 Å². The normalized spacial score (nSPS) is 13.0. The third-order valence-electron chi connectivity index (χ3n) is 13.7. The summed E-state index contributed by atoms with van der Waals surface area (Å²) >= 11 is 0. The van der Waals surface area contributed by atoms with Crippen molar-refractivity contribution in [3.8, 4) is 89.0 Å². The Bertz CT molecular complexity index is 3490. The van der Waals surface area contributed by atoms with Gasteiger partial charge in [0, 0.05) is 0 Å². The van der Waals surface area contributed by atoms with Crippen molar-refractivity contribution in [3.63, 3.8) is 0 Å². The zero-order valence-corrected chi connectivity index (χ0v) is 39.4. The number of hydrogen-bond donors (Lipinski definition) is 0. The van der Waals surface area contributed by atoms with Gasteiger partial charge in [-0.05, 0) is 136 Å². The fraction of sp³-hybridized carbons (Fsp3) is 0.0286. The second-order valence-corrected chi connectivity index (χ2v) is 18.3. The van der Waals surface area contributed by atoms with Crippen LogP contribution in [0.2, 0.25) is 0 Å². The van der Waals surface area contributed by atoms with E-state index < -0.39 is 0 Å². The van der Waals surface area contributed by atoms with Gasteiger partial charge in [0.15, 0.2) is 0 Å². The molecule has 0 radical (unpaired) electrons. The summed E-state index contributed by atoms with van der Waals surface area (Å²) in [7, 11) is 0. The van der Waals surface area contributed by atoms with Crippen LogP contribution in [0, 0.1) is 0 Å². The maximum Gasteiger partial charge on any atom is -0.00941 e. The molecule has 0 heteroatoms. The van der Waals surface area contributed by atoms with E-state index in [1.165, 1.54) is 111 Å². The molecule has 10 aromatic rings. The summed E-state index contributed by atoms with van der Waals surface area (Å²) in [6.07, 6.45) is 11.7. The van der Waals surface area contributed by atoms with Crippen molar-refractivity contribution in [2.24, 2.45) is 0 Å². The predicted octanol–water partition coefficient (Wildman–Crippen LogP) is 19.3. The van der Waals surface area contributed by atoms with Gasteiger partial charge >= 0.3 is 0 Å². The first-order valence-corrected chi connectivity index (χ1v) is 24.2. The van der Waals surface area contributed by atoms with Crippen molar-refractivity contribution in [1.29, 1.82) is 0 Å². The molecule has 0 saturated carbocycles. The number of rotatable bonds is 0. The summed E-state index contributed by atoms with van der Waals surface area (Å²) in [4.78, 5) is 0.